The van der Waals surface area contributed by atoms with Crippen molar-refractivity contribution >= 4 is 17.6 Å². The van der Waals surface area contributed by atoms with E-state index in [0.29, 0.717) is 6.54 Å². The summed E-state index contributed by atoms with van der Waals surface area (Å²) in [5.74, 6) is 0.740. The third kappa shape index (κ3) is 4.82. The van der Waals surface area contributed by atoms with Gasteiger partial charge in [0, 0.05) is 24.7 Å². The lowest BCUT2D eigenvalue weighted by molar-refractivity contribution is 0.332. The molecule has 3 aromatic rings. The van der Waals surface area contributed by atoms with Crippen LogP contribution in [-0.4, -0.2) is 28.3 Å². The maximum atomic E-state index is 9.40. The van der Waals surface area contributed by atoms with Crippen molar-refractivity contribution in [1.29, 1.82) is 5.26 Å². The van der Waals surface area contributed by atoms with Crippen LogP contribution in [0.1, 0.15) is 16.7 Å². The quantitative estimate of drug-likeness (QED) is 0.526. The fourth-order valence-corrected chi connectivity index (χ4v) is 4.07. The van der Waals surface area contributed by atoms with Crippen LogP contribution in [0.25, 0.3) is 0 Å². The second kappa shape index (κ2) is 9.47. The van der Waals surface area contributed by atoms with Gasteiger partial charge in [-0.05, 0) is 35.2 Å². The van der Waals surface area contributed by atoms with Crippen molar-refractivity contribution in [3.05, 3.63) is 107 Å². The molecule has 4 rings (SSSR count). The first-order valence-corrected chi connectivity index (χ1v) is 10.4. The molecule has 1 aliphatic rings. The summed E-state index contributed by atoms with van der Waals surface area (Å²) in [7, 11) is 0. The summed E-state index contributed by atoms with van der Waals surface area (Å²) in [4.78, 5) is 8.71. The summed E-state index contributed by atoms with van der Waals surface area (Å²) in [5, 5.41) is 10.1. The monoisotopic (exact) mass is 414 g/mol. The van der Waals surface area contributed by atoms with Crippen molar-refractivity contribution in [3.63, 3.8) is 0 Å². The number of rotatable bonds is 6. The molecular weight excluding hydrogens is 392 g/mol. The van der Waals surface area contributed by atoms with Gasteiger partial charge in [0.1, 0.15) is 0 Å². The molecule has 0 radical (unpaired) electrons. The molecule has 0 amide bonds. The molecule has 0 bridgehead atoms. The third-order valence-electron chi connectivity index (χ3n) is 5.36. The zero-order valence-electron chi connectivity index (χ0n) is 16.7. The standard InChI is InChI=1S/C25H23ClN4/c26-23-13-11-20(12-14-23)15-24-18-29(16-21-7-3-1-4-8-21)25(28-19-27)30(24)17-22-9-5-2-6-10-22/h1-14,24H,15-18H2. The van der Waals surface area contributed by atoms with Crippen LogP contribution in [0.4, 0.5) is 0 Å². The molecular formula is C25H23ClN4. The first kappa shape index (κ1) is 20.0. The Hall–Kier alpha value is -3.29. The second-order valence-electron chi connectivity index (χ2n) is 7.48. The Labute approximate surface area is 182 Å². The average molecular weight is 415 g/mol. The van der Waals surface area contributed by atoms with Gasteiger partial charge in [-0.15, -0.1) is 4.99 Å². The largest absolute Gasteiger partial charge is 0.335 e. The van der Waals surface area contributed by atoms with E-state index >= 15 is 0 Å². The van der Waals surface area contributed by atoms with Gasteiger partial charge < -0.3 is 9.80 Å². The van der Waals surface area contributed by atoms with Crippen LogP contribution in [0.2, 0.25) is 5.02 Å². The number of hydrogen-bond acceptors (Lipinski definition) is 2. The molecule has 3 aromatic carbocycles. The summed E-state index contributed by atoms with van der Waals surface area (Å²) in [6, 6.07) is 28.9. The molecule has 0 saturated carbocycles. The van der Waals surface area contributed by atoms with Crippen LogP contribution in [0.3, 0.4) is 0 Å². The van der Waals surface area contributed by atoms with Gasteiger partial charge in [-0.1, -0.05) is 84.4 Å². The number of guanidine groups is 1. The summed E-state index contributed by atoms with van der Waals surface area (Å²) in [6.45, 7) is 2.25. The molecule has 5 heteroatoms. The second-order valence-corrected chi connectivity index (χ2v) is 7.91. The van der Waals surface area contributed by atoms with E-state index in [-0.39, 0.29) is 6.04 Å². The molecule has 1 saturated heterocycles. The van der Waals surface area contributed by atoms with Crippen molar-refractivity contribution in [2.45, 2.75) is 25.6 Å². The Balaban J connectivity index is 1.63. The number of halogens is 1. The molecule has 1 fully saturated rings. The number of benzene rings is 3. The highest BCUT2D eigenvalue weighted by atomic mass is 35.5. The Morgan fingerprint density at radius 1 is 0.833 bits per heavy atom. The van der Waals surface area contributed by atoms with Crippen LogP contribution in [0, 0.1) is 11.5 Å². The molecule has 0 aromatic heterocycles. The highest BCUT2D eigenvalue weighted by Crippen LogP contribution is 2.25. The predicted octanol–water partition coefficient (Wildman–Crippen LogP) is 5.11. The first-order valence-electron chi connectivity index (χ1n) is 10.0. The highest BCUT2D eigenvalue weighted by Gasteiger charge is 2.35. The van der Waals surface area contributed by atoms with Crippen molar-refractivity contribution in [3.8, 4) is 6.19 Å². The van der Waals surface area contributed by atoms with E-state index in [0.717, 1.165) is 30.5 Å². The molecule has 1 atom stereocenters. The molecule has 0 spiro atoms. The van der Waals surface area contributed by atoms with E-state index in [9.17, 15) is 5.26 Å². The van der Waals surface area contributed by atoms with Gasteiger partial charge in [-0.25, -0.2) is 0 Å². The molecule has 30 heavy (non-hydrogen) atoms. The topological polar surface area (TPSA) is 42.6 Å². The van der Waals surface area contributed by atoms with Gasteiger partial charge >= 0.3 is 0 Å². The summed E-state index contributed by atoms with van der Waals surface area (Å²) < 4.78 is 0. The SMILES string of the molecule is N#CN=C1N(Cc2ccccc2)CC(Cc2ccc(Cl)cc2)N1Cc1ccccc1. The highest BCUT2D eigenvalue weighted by molar-refractivity contribution is 6.30. The van der Waals surface area contributed by atoms with Crippen LogP contribution in [-0.2, 0) is 19.5 Å². The van der Waals surface area contributed by atoms with Gasteiger partial charge in [-0.3, -0.25) is 0 Å². The van der Waals surface area contributed by atoms with E-state index in [1.807, 2.05) is 54.7 Å². The molecule has 1 aliphatic heterocycles. The van der Waals surface area contributed by atoms with Crippen LogP contribution in [0.15, 0.2) is 89.9 Å². The number of nitriles is 1. The lowest BCUT2D eigenvalue weighted by Crippen LogP contribution is -2.36. The normalized spacial score (nSPS) is 17.3. The zero-order valence-corrected chi connectivity index (χ0v) is 17.4. The fraction of sp³-hybridized carbons (Fsp3) is 0.200. The van der Waals surface area contributed by atoms with E-state index < -0.39 is 0 Å². The average Bonchev–Trinajstić information content (AvgIpc) is 3.07. The maximum absolute atomic E-state index is 9.40. The molecule has 1 heterocycles. The lowest BCUT2D eigenvalue weighted by atomic mass is 10.0. The molecule has 150 valence electrons. The van der Waals surface area contributed by atoms with E-state index in [1.165, 1.54) is 16.7 Å². The third-order valence-corrected chi connectivity index (χ3v) is 5.61. The fourth-order valence-electron chi connectivity index (χ4n) is 3.95. The maximum Gasteiger partial charge on any atom is 0.213 e. The van der Waals surface area contributed by atoms with E-state index in [1.54, 1.807) is 0 Å². The Morgan fingerprint density at radius 3 is 2.03 bits per heavy atom. The summed E-state index contributed by atoms with van der Waals surface area (Å²) in [6.07, 6.45) is 2.88. The van der Waals surface area contributed by atoms with E-state index in [2.05, 4.69) is 51.2 Å². The van der Waals surface area contributed by atoms with Gasteiger partial charge in [0.2, 0.25) is 12.2 Å². The number of hydrogen-bond donors (Lipinski definition) is 0. The Morgan fingerprint density at radius 2 is 1.43 bits per heavy atom. The van der Waals surface area contributed by atoms with Gasteiger partial charge in [0.15, 0.2) is 0 Å². The lowest BCUT2D eigenvalue weighted by Gasteiger charge is -2.26. The minimum Gasteiger partial charge on any atom is -0.335 e. The van der Waals surface area contributed by atoms with E-state index in [4.69, 9.17) is 11.6 Å². The van der Waals surface area contributed by atoms with Crippen LogP contribution < -0.4 is 0 Å². The van der Waals surface area contributed by atoms with Crippen molar-refractivity contribution in [1.82, 2.24) is 9.80 Å². The first-order chi connectivity index (χ1) is 14.7. The number of aliphatic imine (C=N–C) groups is 1. The molecule has 0 aliphatic carbocycles. The Kier molecular flexibility index (Phi) is 6.32. The van der Waals surface area contributed by atoms with Gasteiger partial charge in [0.05, 0.1) is 6.04 Å². The van der Waals surface area contributed by atoms with Crippen LogP contribution >= 0.6 is 11.6 Å². The predicted molar refractivity (Wildman–Crippen MR) is 121 cm³/mol. The Bertz CT molecular complexity index is 1030. The minimum absolute atomic E-state index is 0.210. The van der Waals surface area contributed by atoms with Crippen molar-refractivity contribution in [2.75, 3.05) is 6.54 Å². The summed E-state index contributed by atoms with van der Waals surface area (Å²) in [5.41, 5.74) is 3.63. The molecule has 1 unspecified atom stereocenters. The summed E-state index contributed by atoms with van der Waals surface area (Å²) >= 11 is 6.07. The molecule has 4 nitrogen and oxygen atoms in total. The van der Waals surface area contributed by atoms with Crippen molar-refractivity contribution < 1.29 is 0 Å². The van der Waals surface area contributed by atoms with Crippen molar-refractivity contribution in [2.24, 2.45) is 4.99 Å². The zero-order chi connectivity index (χ0) is 20.8. The smallest absolute Gasteiger partial charge is 0.213 e. The van der Waals surface area contributed by atoms with Gasteiger partial charge in [-0.2, -0.15) is 5.26 Å². The van der Waals surface area contributed by atoms with Crippen LogP contribution in [0.5, 0.6) is 0 Å². The number of nitrogens with zero attached hydrogens (tertiary/aromatic N) is 4. The molecule has 0 N–H and O–H groups in total. The van der Waals surface area contributed by atoms with Gasteiger partial charge in [0.25, 0.3) is 0 Å². The minimum atomic E-state index is 0.210.